The molecule has 0 atom stereocenters. The van der Waals surface area contributed by atoms with Gasteiger partial charge in [-0.1, -0.05) is 12.8 Å². The predicted octanol–water partition coefficient (Wildman–Crippen LogP) is 2.25. The minimum Gasteiger partial charge on any atom is -0.396 e. The lowest BCUT2D eigenvalue weighted by Crippen LogP contribution is -2.31. The van der Waals surface area contributed by atoms with Crippen LogP contribution in [0, 0.1) is 5.41 Å². The normalized spacial score (nSPS) is 17.7. The van der Waals surface area contributed by atoms with Gasteiger partial charge in [0, 0.05) is 25.2 Å². The first kappa shape index (κ1) is 13.5. The molecular weight excluding hydrogens is 296 g/mol. The van der Waals surface area contributed by atoms with Gasteiger partial charge in [-0.3, -0.25) is 0 Å². The molecule has 5 nitrogen and oxygen atoms in total. The topological polar surface area (TPSA) is 70.1 Å². The predicted molar refractivity (Wildman–Crippen MR) is 75.8 cm³/mol. The Hall–Kier alpha value is -0.880. The smallest absolute Gasteiger partial charge is 0.224 e. The number of nitrogens with one attached hydrogen (secondary N) is 2. The highest BCUT2D eigenvalue weighted by Crippen LogP contribution is 2.37. The van der Waals surface area contributed by atoms with E-state index in [2.05, 4.69) is 36.5 Å². The Morgan fingerprint density at radius 3 is 2.78 bits per heavy atom. The zero-order valence-electron chi connectivity index (χ0n) is 10.5. The standard InChI is InChI=1S/C12H19BrN4O/c1-14-10-9(13)6-15-11(17-10)16-7-12(8-18)4-2-3-5-12/h6,18H,2-5,7-8H2,1H3,(H2,14,15,16,17). The van der Waals surface area contributed by atoms with Crippen LogP contribution < -0.4 is 10.6 Å². The minimum atomic E-state index is 0.0102. The molecule has 1 saturated carbocycles. The molecular formula is C12H19BrN4O. The Bertz CT molecular complexity index is 407. The molecule has 2 rings (SSSR count). The van der Waals surface area contributed by atoms with E-state index in [-0.39, 0.29) is 12.0 Å². The second kappa shape index (κ2) is 5.84. The van der Waals surface area contributed by atoms with Crippen LogP contribution in [0.15, 0.2) is 10.7 Å². The summed E-state index contributed by atoms with van der Waals surface area (Å²) < 4.78 is 0.841. The van der Waals surface area contributed by atoms with Gasteiger partial charge < -0.3 is 15.7 Å². The molecule has 1 aromatic rings. The summed E-state index contributed by atoms with van der Waals surface area (Å²) in [5, 5.41) is 15.8. The van der Waals surface area contributed by atoms with E-state index in [0.717, 1.165) is 29.7 Å². The zero-order valence-corrected chi connectivity index (χ0v) is 12.1. The van der Waals surface area contributed by atoms with Crippen molar-refractivity contribution in [1.82, 2.24) is 9.97 Å². The van der Waals surface area contributed by atoms with E-state index < -0.39 is 0 Å². The number of halogens is 1. The van der Waals surface area contributed by atoms with Crippen LogP contribution in [0.1, 0.15) is 25.7 Å². The molecule has 1 aliphatic rings. The van der Waals surface area contributed by atoms with Crippen molar-refractivity contribution in [1.29, 1.82) is 0 Å². The van der Waals surface area contributed by atoms with E-state index in [1.807, 2.05) is 7.05 Å². The Labute approximate surface area is 116 Å². The molecule has 0 aliphatic heterocycles. The van der Waals surface area contributed by atoms with Crippen LogP contribution in [0.2, 0.25) is 0 Å². The van der Waals surface area contributed by atoms with Gasteiger partial charge in [0.05, 0.1) is 11.1 Å². The van der Waals surface area contributed by atoms with Crippen molar-refractivity contribution in [2.75, 3.05) is 30.8 Å². The molecule has 0 saturated heterocycles. The van der Waals surface area contributed by atoms with Crippen LogP contribution in [0.25, 0.3) is 0 Å². The largest absolute Gasteiger partial charge is 0.396 e. The molecule has 100 valence electrons. The van der Waals surface area contributed by atoms with Crippen molar-refractivity contribution in [3.63, 3.8) is 0 Å². The molecule has 1 aromatic heterocycles. The third kappa shape index (κ3) is 2.92. The summed E-state index contributed by atoms with van der Waals surface area (Å²) >= 11 is 3.38. The fourth-order valence-corrected chi connectivity index (χ4v) is 2.80. The first-order chi connectivity index (χ1) is 8.69. The van der Waals surface area contributed by atoms with Crippen molar-refractivity contribution in [2.24, 2.45) is 5.41 Å². The van der Waals surface area contributed by atoms with Gasteiger partial charge in [0.25, 0.3) is 0 Å². The number of hydrogen-bond donors (Lipinski definition) is 3. The highest BCUT2D eigenvalue weighted by atomic mass is 79.9. The average Bonchev–Trinajstić information content (AvgIpc) is 2.87. The SMILES string of the molecule is CNc1nc(NCC2(CO)CCCC2)ncc1Br. The van der Waals surface area contributed by atoms with Crippen molar-refractivity contribution >= 4 is 27.7 Å². The zero-order chi connectivity index (χ0) is 13.0. The van der Waals surface area contributed by atoms with E-state index in [0.29, 0.717) is 5.95 Å². The van der Waals surface area contributed by atoms with Gasteiger partial charge in [0.2, 0.25) is 5.95 Å². The van der Waals surface area contributed by atoms with Gasteiger partial charge in [-0.2, -0.15) is 4.98 Å². The van der Waals surface area contributed by atoms with E-state index >= 15 is 0 Å². The van der Waals surface area contributed by atoms with E-state index in [1.54, 1.807) is 6.20 Å². The molecule has 1 aliphatic carbocycles. The lowest BCUT2D eigenvalue weighted by molar-refractivity contribution is 0.142. The lowest BCUT2D eigenvalue weighted by atomic mass is 9.87. The number of anilines is 2. The Morgan fingerprint density at radius 2 is 2.17 bits per heavy atom. The van der Waals surface area contributed by atoms with Crippen LogP contribution in [-0.2, 0) is 0 Å². The first-order valence-corrected chi connectivity index (χ1v) is 7.03. The Kier molecular flexibility index (Phi) is 4.40. The summed E-state index contributed by atoms with van der Waals surface area (Å²) in [5.41, 5.74) is 0.0102. The summed E-state index contributed by atoms with van der Waals surface area (Å²) in [6, 6.07) is 0. The van der Waals surface area contributed by atoms with E-state index in [1.165, 1.54) is 12.8 Å². The maximum absolute atomic E-state index is 9.54. The highest BCUT2D eigenvalue weighted by molar-refractivity contribution is 9.10. The maximum Gasteiger partial charge on any atom is 0.224 e. The summed E-state index contributed by atoms with van der Waals surface area (Å²) in [5.74, 6) is 1.36. The van der Waals surface area contributed by atoms with Crippen LogP contribution in [0.3, 0.4) is 0 Å². The molecule has 0 amide bonds. The lowest BCUT2D eigenvalue weighted by Gasteiger charge is -2.26. The van der Waals surface area contributed by atoms with E-state index in [9.17, 15) is 5.11 Å². The van der Waals surface area contributed by atoms with Gasteiger partial charge in [-0.05, 0) is 28.8 Å². The second-order valence-corrected chi connectivity index (χ2v) is 5.71. The third-order valence-corrected chi connectivity index (χ3v) is 4.18. The van der Waals surface area contributed by atoms with Gasteiger partial charge in [-0.25, -0.2) is 4.98 Å². The van der Waals surface area contributed by atoms with Gasteiger partial charge in [-0.15, -0.1) is 0 Å². The van der Waals surface area contributed by atoms with Crippen molar-refractivity contribution in [3.8, 4) is 0 Å². The third-order valence-electron chi connectivity index (χ3n) is 3.60. The summed E-state index contributed by atoms with van der Waals surface area (Å²) in [6.07, 6.45) is 6.27. The molecule has 0 spiro atoms. The van der Waals surface area contributed by atoms with Crippen LogP contribution >= 0.6 is 15.9 Å². The fraction of sp³-hybridized carbons (Fsp3) is 0.667. The minimum absolute atomic E-state index is 0.0102. The summed E-state index contributed by atoms with van der Waals surface area (Å²) in [4.78, 5) is 8.58. The summed E-state index contributed by atoms with van der Waals surface area (Å²) in [6.45, 7) is 0.962. The van der Waals surface area contributed by atoms with Gasteiger partial charge in [0.15, 0.2) is 0 Å². The number of aliphatic hydroxyl groups is 1. The molecule has 18 heavy (non-hydrogen) atoms. The fourth-order valence-electron chi connectivity index (χ4n) is 2.41. The molecule has 0 aromatic carbocycles. The molecule has 3 N–H and O–H groups in total. The number of rotatable bonds is 5. The van der Waals surface area contributed by atoms with Crippen molar-refractivity contribution < 1.29 is 5.11 Å². The quantitative estimate of drug-likeness (QED) is 0.777. The van der Waals surface area contributed by atoms with Crippen LogP contribution in [0.4, 0.5) is 11.8 Å². The number of aromatic nitrogens is 2. The first-order valence-electron chi connectivity index (χ1n) is 6.24. The second-order valence-electron chi connectivity index (χ2n) is 4.86. The molecule has 0 unspecified atom stereocenters. The Balaban J connectivity index is 2.01. The van der Waals surface area contributed by atoms with Gasteiger partial charge in [0.1, 0.15) is 5.82 Å². The Morgan fingerprint density at radius 1 is 1.44 bits per heavy atom. The number of nitrogens with zero attached hydrogens (tertiary/aromatic N) is 2. The number of aliphatic hydroxyl groups excluding tert-OH is 1. The molecule has 1 heterocycles. The molecule has 0 radical (unpaired) electrons. The van der Waals surface area contributed by atoms with Crippen LogP contribution in [-0.4, -0.2) is 35.3 Å². The molecule has 6 heteroatoms. The molecule has 1 fully saturated rings. The van der Waals surface area contributed by atoms with Crippen molar-refractivity contribution in [2.45, 2.75) is 25.7 Å². The number of hydrogen-bond acceptors (Lipinski definition) is 5. The van der Waals surface area contributed by atoms with Gasteiger partial charge >= 0.3 is 0 Å². The monoisotopic (exact) mass is 314 g/mol. The maximum atomic E-state index is 9.54. The van der Waals surface area contributed by atoms with Crippen LogP contribution in [0.5, 0.6) is 0 Å². The highest BCUT2D eigenvalue weighted by Gasteiger charge is 2.33. The summed E-state index contributed by atoms with van der Waals surface area (Å²) in [7, 11) is 1.82. The average molecular weight is 315 g/mol. The van der Waals surface area contributed by atoms with Crippen molar-refractivity contribution in [3.05, 3.63) is 10.7 Å². The molecule has 0 bridgehead atoms. The van der Waals surface area contributed by atoms with E-state index in [4.69, 9.17) is 0 Å².